The molecular weight excluding hydrogens is 1710 g/mol. The van der Waals surface area contributed by atoms with Gasteiger partial charge in [0.15, 0.2) is 0 Å². The molecule has 0 amide bonds. The molecule has 28 heteroatoms. The zero-order chi connectivity index (χ0) is 87.2. The van der Waals surface area contributed by atoms with E-state index in [-0.39, 0.29) is 120 Å². The molecule has 0 saturated heterocycles. The third kappa shape index (κ3) is 24.6. The number of carbonyl (C=O) groups is 3. The Bertz CT molecular complexity index is 6080. The first-order chi connectivity index (χ1) is 59.2. The van der Waals surface area contributed by atoms with Gasteiger partial charge in [0.2, 0.25) is 0 Å². The van der Waals surface area contributed by atoms with E-state index in [1.54, 1.807) is 168 Å². The summed E-state index contributed by atoms with van der Waals surface area (Å²) in [6.45, 7) is 0.697. The summed E-state index contributed by atoms with van der Waals surface area (Å²) >= 11 is 9.28. The molecule has 0 spiro atoms. The minimum absolute atomic E-state index is 0.00555. The summed E-state index contributed by atoms with van der Waals surface area (Å²) in [5, 5.41) is 65.4. The molecule has 9 N–H and O–H groups in total. The van der Waals surface area contributed by atoms with Crippen molar-refractivity contribution in [3.63, 3.8) is 0 Å². The number of carboxylic acids is 3. The molecule has 12 aromatic carbocycles. The fraction of sp³-hybridized carbons (Fsp3) is 0.253. The normalized spacial score (nSPS) is 13.3. The SMILES string of the molecule is O=C(O)CCC(CCCC1=CCCCC1)c1cc(NS(=O)(=O)c2ccc(Br)cc2)c2ccccc2c1O.O=C(O)CCN(CCOc1ccc(Cl)cc1)c1cc(NS(=O)(=O)c2ccc(C3CCCCC3)cc2)c2ccccc2c1O.O=C(O)CCN(COCc1ccccc1)c1cc(NS(=O)(=O)c2ccc(-c3ccc(F)cc3)cc2)c2ccccc2c1O. The standard InChI is InChI=1S/C33H35ClN2O6S.C33H29FN2O6S.C29H32BrNO5S/c34-25-12-14-26(15-13-25)42-21-20-36(19-18-32(37)38)31-22-30(28-8-4-5-9-29(28)33(31)39)35-43(40,41)27-16-10-24(11-17-27)23-6-2-1-3-7-23;34-26-14-10-24(11-15-26)25-12-16-27(17-13-25)43(40,41)35-30-20-31(33(39)29-9-5-4-8-28(29)30)36(19-18-32(37)38)22-42-21-23-6-2-1-3-7-23;30-22-14-16-23(17-15-22)37(35,36)31-27-19-26(29(34)25-12-5-4-11-24(25)27)21(13-18-28(32)33)10-6-9-20-7-2-1-3-8-20/h4-5,8-17,22-23,35,39H,1-3,6-7,18-21H2,(H,37,38);1-17,20,35,39H,18-19,21-22H2,(H,37,38);4-5,7,11-12,14-17,19,21,31,34H,1-3,6,8-10,13,18H2,(H,32,33). The number of aliphatic carboxylic acids is 3. The number of ether oxygens (including phenoxy) is 2. The number of phenolic OH excluding ortho intramolecular Hbond substituents is 3. The highest BCUT2D eigenvalue weighted by Crippen LogP contribution is 2.46. The number of anilines is 5. The van der Waals surface area contributed by atoms with Crippen molar-refractivity contribution >= 4 is 136 Å². The van der Waals surface area contributed by atoms with Crippen LogP contribution in [0.1, 0.15) is 131 Å². The summed E-state index contributed by atoms with van der Waals surface area (Å²) in [7, 11) is -11.9. The molecule has 1 fully saturated rings. The summed E-state index contributed by atoms with van der Waals surface area (Å²) < 4.78 is 114. The Morgan fingerprint density at radius 2 is 0.959 bits per heavy atom. The van der Waals surface area contributed by atoms with Crippen molar-refractivity contribution in [2.75, 3.05) is 56.9 Å². The fourth-order valence-corrected chi connectivity index (χ4v) is 19.0. The minimum atomic E-state index is -4.08. The van der Waals surface area contributed by atoms with Gasteiger partial charge in [0.25, 0.3) is 30.1 Å². The predicted octanol–water partition coefficient (Wildman–Crippen LogP) is 21.7. The van der Waals surface area contributed by atoms with E-state index in [1.807, 2.05) is 42.5 Å². The number of fused-ring (bicyclic) bond motifs is 3. The number of aromatic hydroxyl groups is 3. The van der Waals surface area contributed by atoms with Crippen molar-refractivity contribution in [2.45, 2.75) is 136 Å². The molecule has 642 valence electrons. The highest BCUT2D eigenvalue weighted by Gasteiger charge is 2.28. The Morgan fingerprint density at radius 3 is 1.47 bits per heavy atom. The van der Waals surface area contributed by atoms with Gasteiger partial charge in [-0.15, -0.1) is 0 Å². The molecule has 22 nitrogen and oxygen atoms in total. The lowest BCUT2D eigenvalue weighted by Crippen LogP contribution is -2.31. The van der Waals surface area contributed by atoms with Crippen LogP contribution < -0.4 is 28.7 Å². The number of hydrogen-bond acceptors (Lipinski definition) is 16. The van der Waals surface area contributed by atoms with E-state index in [9.17, 15) is 74.7 Å². The van der Waals surface area contributed by atoms with Crippen molar-refractivity contribution in [1.29, 1.82) is 0 Å². The fourth-order valence-electron chi connectivity index (χ4n) is 15.3. The molecule has 2 aliphatic rings. The van der Waals surface area contributed by atoms with Crippen LogP contribution in [0.3, 0.4) is 0 Å². The number of hydrogen-bond donors (Lipinski definition) is 9. The molecule has 2 aliphatic carbocycles. The first-order valence-electron chi connectivity index (χ1n) is 40.5. The van der Waals surface area contributed by atoms with Crippen LogP contribution in [-0.2, 0) is 55.8 Å². The topological polar surface area (TPSA) is 336 Å². The van der Waals surface area contributed by atoms with Crippen molar-refractivity contribution < 1.29 is 84.1 Å². The number of rotatable bonds is 35. The van der Waals surface area contributed by atoms with Crippen LogP contribution in [-0.4, -0.2) is 107 Å². The number of halogens is 3. The van der Waals surface area contributed by atoms with Crippen LogP contribution in [0.4, 0.5) is 32.8 Å². The van der Waals surface area contributed by atoms with Gasteiger partial charge in [-0.25, -0.2) is 29.6 Å². The van der Waals surface area contributed by atoms with Gasteiger partial charge in [-0.2, -0.15) is 0 Å². The Morgan fingerprint density at radius 1 is 0.496 bits per heavy atom. The Labute approximate surface area is 728 Å². The third-order valence-electron chi connectivity index (χ3n) is 21.8. The molecule has 0 radical (unpaired) electrons. The first kappa shape index (κ1) is 90.5. The molecule has 0 aromatic heterocycles. The third-order valence-corrected chi connectivity index (χ3v) is 26.7. The lowest BCUT2D eigenvalue weighted by atomic mass is 9.84. The van der Waals surface area contributed by atoms with Crippen molar-refractivity contribution in [3.05, 3.63) is 286 Å². The lowest BCUT2D eigenvalue weighted by molar-refractivity contribution is -0.138. The van der Waals surface area contributed by atoms with Crippen molar-refractivity contribution in [2.24, 2.45) is 0 Å². The van der Waals surface area contributed by atoms with E-state index in [2.05, 4.69) is 36.2 Å². The highest BCUT2D eigenvalue weighted by atomic mass is 79.9. The van der Waals surface area contributed by atoms with Crippen molar-refractivity contribution in [1.82, 2.24) is 0 Å². The summed E-state index contributed by atoms with van der Waals surface area (Å²) in [6, 6.07) is 67.4. The second-order valence-corrected chi connectivity index (χ2v) is 36.6. The Hall–Kier alpha value is -11.7. The van der Waals surface area contributed by atoms with E-state index in [0.717, 1.165) is 65.3 Å². The van der Waals surface area contributed by atoms with Gasteiger partial charge < -0.3 is 49.9 Å². The monoisotopic (exact) mass is 1810 g/mol. The van der Waals surface area contributed by atoms with Gasteiger partial charge in [0.1, 0.15) is 42.2 Å². The molecule has 0 aliphatic heterocycles. The van der Waals surface area contributed by atoms with Crippen LogP contribution in [0.5, 0.6) is 23.0 Å². The van der Waals surface area contributed by atoms with Crippen LogP contribution in [0.15, 0.2) is 273 Å². The Kier molecular flexibility index (Phi) is 31.2. The number of carboxylic acid groups (broad SMARTS) is 3. The van der Waals surface area contributed by atoms with Crippen LogP contribution in [0, 0.1) is 5.82 Å². The molecule has 1 saturated carbocycles. The average molecular weight is 1810 g/mol. The zero-order valence-electron chi connectivity index (χ0n) is 67.3. The van der Waals surface area contributed by atoms with E-state index >= 15 is 0 Å². The zero-order valence-corrected chi connectivity index (χ0v) is 72.1. The summed E-state index contributed by atoms with van der Waals surface area (Å²) in [5.74, 6) is -2.58. The van der Waals surface area contributed by atoms with Crippen LogP contribution in [0.25, 0.3) is 43.4 Å². The number of phenols is 3. The smallest absolute Gasteiger partial charge is 0.305 e. The van der Waals surface area contributed by atoms with Gasteiger partial charge >= 0.3 is 17.9 Å². The quantitative estimate of drug-likeness (QED) is 0.0101. The highest BCUT2D eigenvalue weighted by molar-refractivity contribution is 9.10. The number of allylic oxidation sites excluding steroid dienone is 2. The number of nitrogens with zero attached hydrogens (tertiary/aromatic N) is 2. The Balaban J connectivity index is 0.000000169. The minimum Gasteiger partial charge on any atom is -0.507 e. The van der Waals surface area contributed by atoms with Gasteiger partial charge in [0.05, 0.1) is 69.1 Å². The number of benzene rings is 12. The molecule has 1 unspecified atom stereocenters. The first-order valence-corrected chi connectivity index (χ1v) is 46.2. The molecule has 123 heavy (non-hydrogen) atoms. The maximum atomic E-state index is 13.6. The van der Waals surface area contributed by atoms with Crippen LogP contribution >= 0.6 is 27.5 Å². The average Bonchev–Trinajstić information content (AvgIpc) is 0.776. The van der Waals surface area contributed by atoms with Gasteiger partial charge in [-0.1, -0.05) is 198 Å². The summed E-state index contributed by atoms with van der Waals surface area (Å²) in [5.41, 5.74) is 6.93. The largest absolute Gasteiger partial charge is 0.507 e. The van der Waals surface area contributed by atoms with Gasteiger partial charge in [-0.05, 0) is 207 Å². The molecular formula is C95H96BrClFN5O17S3. The lowest BCUT2D eigenvalue weighted by Gasteiger charge is -2.27. The maximum Gasteiger partial charge on any atom is 0.305 e. The molecule has 0 heterocycles. The van der Waals surface area contributed by atoms with E-state index in [4.69, 9.17) is 21.1 Å². The van der Waals surface area contributed by atoms with Crippen LogP contribution in [0.2, 0.25) is 5.02 Å². The maximum absolute atomic E-state index is 13.6. The second-order valence-electron chi connectivity index (χ2n) is 30.2. The number of sulfonamides is 3. The van der Waals surface area contributed by atoms with Gasteiger partial charge in [-0.3, -0.25) is 28.5 Å². The van der Waals surface area contributed by atoms with Crippen molar-refractivity contribution in [3.8, 4) is 34.1 Å². The molecule has 14 rings (SSSR count). The van der Waals surface area contributed by atoms with E-state index in [1.165, 1.54) is 80.1 Å². The number of nitrogens with one attached hydrogen (secondary N) is 3. The van der Waals surface area contributed by atoms with E-state index < -0.39 is 48.0 Å². The predicted molar refractivity (Wildman–Crippen MR) is 485 cm³/mol. The summed E-state index contributed by atoms with van der Waals surface area (Å²) in [4.78, 5) is 37.8. The second kappa shape index (κ2) is 42.4. The summed E-state index contributed by atoms with van der Waals surface area (Å²) in [6.07, 6.45) is 15.3. The van der Waals surface area contributed by atoms with Gasteiger partial charge in [0, 0.05) is 61.3 Å². The van der Waals surface area contributed by atoms with E-state index in [0.29, 0.717) is 78.8 Å². The molecule has 0 bridgehead atoms. The molecule has 12 aromatic rings. The molecule has 1 atom stereocenters.